The van der Waals surface area contributed by atoms with Gasteiger partial charge in [-0.3, -0.25) is 0 Å². The highest BCUT2D eigenvalue weighted by atomic mass is 16.5. The summed E-state index contributed by atoms with van der Waals surface area (Å²) in [4.78, 5) is 4.27. The van der Waals surface area contributed by atoms with Crippen molar-refractivity contribution in [2.45, 2.75) is 44.6 Å². The molecule has 17 heavy (non-hydrogen) atoms. The van der Waals surface area contributed by atoms with Crippen molar-refractivity contribution in [1.29, 1.82) is 5.26 Å². The van der Waals surface area contributed by atoms with E-state index in [2.05, 4.69) is 17.1 Å². The Labute approximate surface area is 101 Å². The molecule has 92 valence electrons. The summed E-state index contributed by atoms with van der Waals surface area (Å²) in [6.45, 7) is 2.25. The molecule has 0 atom stereocenters. The monoisotopic (exact) mass is 235 g/mol. The van der Waals surface area contributed by atoms with Gasteiger partial charge in [-0.25, -0.2) is 0 Å². The second kappa shape index (κ2) is 4.84. The molecule has 0 spiro atoms. The molecular formula is C12H17N3O2. The number of rotatable bonds is 3. The number of aromatic nitrogens is 2. The van der Waals surface area contributed by atoms with Gasteiger partial charge in [0.15, 0.2) is 0 Å². The van der Waals surface area contributed by atoms with Gasteiger partial charge in [0.1, 0.15) is 12.0 Å². The molecule has 0 saturated heterocycles. The number of nitriles is 1. The largest absolute Gasteiger partial charge is 0.370 e. The van der Waals surface area contributed by atoms with Gasteiger partial charge in [0.2, 0.25) is 11.7 Å². The predicted molar refractivity (Wildman–Crippen MR) is 59.9 cm³/mol. The van der Waals surface area contributed by atoms with Gasteiger partial charge in [-0.05, 0) is 31.6 Å². The lowest BCUT2D eigenvalue weighted by Crippen LogP contribution is -2.34. The summed E-state index contributed by atoms with van der Waals surface area (Å²) in [5, 5.41) is 12.6. The molecule has 5 nitrogen and oxygen atoms in total. The third-order valence-electron chi connectivity index (χ3n) is 3.58. The number of methoxy groups -OCH3 is 1. The molecule has 1 fully saturated rings. The maximum atomic E-state index is 8.59. The Morgan fingerprint density at radius 1 is 1.53 bits per heavy atom. The normalized spacial score (nSPS) is 28.9. The Balaban J connectivity index is 2.19. The molecular weight excluding hydrogens is 218 g/mol. The van der Waals surface area contributed by atoms with Crippen molar-refractivity contribution in [3.63, 3.8) is 0 Å². The van der Waals surface area contributed by atoms with E-state index in [0.29, 0.717) is 11.7 Å². The lowest BCUT2D eigenvalue weighted by molar-refractivity contribution is -0.0609. The highest BCUT2D eigenvalue weighted by Gasteiger charge is 2.40. The van der Waals surface area contributed by atoms with Crippen LogP contribution in [0.15, 0.2) is 4.52 Å². The minimum Gasteiger partial charge on any atom is -0.370 e. The van der Waals surface area contributed by atoms with Gasteiger partial charge in [-0.2, -0.15) is 10.2 Å². The quantitative estimate of drug-likeness (QED) is 0.803. The van der Waals surface area contributed by atoms with Crippen LogP contribution in [0.1, 0.15) is 44.3 Å². The van der Waals surface area contributed by atoms with Gasteiger partial charge >= 0.3 is 0 Å². The molecule has 0 bridgehead atoms. The van der Waals surface area contributed by atoms with E-state index in [4.69, 9.17) is 14.5 Å². The fourth-order valence-corrected chi connectivity index (χ4v) is 2.33. The van der Waals surface area contributed by atoms with Gasteiger partial charge in [0.05, 0.1) is 6.07 Å². The van der Waals surface area contributed by atoms with Gasteiger partial charge in [0, 0.05) is 7.11 Å². The van der Waals surface area contributed by atoms with Gasteiger partial charge in [0.25, 0.3) is 0 Å². The summed E-state index contributed by atoms with van der Waals surface area (Å²) >= 11 is 0. The van der Waals surface area contributed by atoms with E-state index in [1.165, 1.54) is 0 Å². The number of hydrogen-bond acceptors (Lipinski definition) is 5. The van der Waals surface area contributed by atoms with Crippen molar-refractivity contribution < 1.29 is 9.26 Å². The summed E-state index contributed by atoms with van der Waals surface area (Å²) in [6, 6.07) is 2.00. The van der Waals surface area contributed by atoms with E-state index in [0.717, 1.165) is 31.6 Å². The summed E-state index contributed by atoms with van der Waals surface area (Å²) in [5.41, 5.74) is -0.413. The lowest BCUT2D eigenvalue weighted by atomic mass is 9.79. The van der Waals surface area contributed by atoms with E-state index in [1.807, 2.05) is 6.07 Å². The Morgan fingerprint density at radius 2 is 2.24 bits per heavy atom. The van der Waals surface area contributed by atoms with E-state index >= 15 is 0 Å². The summed E-state index contributed by atoms with van der Waals surface area (Å²) in [6.07, 6.45) is 4.20. The molecule has 1 saturated carbocycles. The van der Waals surface area contributed by atoms with Crippen LogP contribution in [0.5, 0.6) is 0 Å². The minimum atomic E-state index is -0.413. The van der Waals surface area contributed by atoms with E-state index in [-0.39, 0.29) is 6.42 Å². The topological polar surface area (TPSA) is 71.9 Å². The van der Waals surface area contributed by atoms with Crippen LogP contribution in [-0.4, -0.2) is 17.3 Å². The van der Waals surface area contributed by atoms with Gasteiger partial charge in [-0.1, -0.05) is 12.1 Å². The smallest absolute Gasteiger partial charge is 0.240 e. The number of nitrogens with zero attached hydrogens (tertiary/aromatic N) is 3. The van der Waals surface area contributed by atoms with Crippen LogP contribution in [0.25, 0.3) is 0 Å². The van der Waals surface area contributed by atoms with E-state index in [9.17, 15) is 0 Å². The molecule has 0 unspecified atom stereocenters. The third-order valence-corrected chi connectivity index (χ3v) is 3.58. The van der Waals surface area contributed by atoms with Crippen molar-refractivity contribution in [3.05, 3.63) is 11.7 Å². The van der Waals surface area contributed by atoms with Crippen LogP contribution in [0.2, 0.25) is 0 Å². The van der Waals surface area contributed by atoms with Crippen molar-refractivity contribution >= 4 is 0 Å². The fraction of sp³-hybridized carbons (Fsp3) is 0.750. The van der Waals surface area contributed by atoms with Crippen molar-refractivity contribution in [3.8, 4) is 6.07 Å². The molecule has 1 aliphatic carbocycles. The summed E-state index contributed by atoms with van der Waals surface area (Å²) in [5.74, 6) is 1.69. The zero-order chi connectivity index (χ0) is 12.3. The Morgan fingerprint density at radius 3 is 2.82 bits per heavy atom. The highest BCUT2D eigenvalue weighted by molar-refractivity contribution is 5.05. The minimum absolute atomic E-state index is 0.156. The average Bonchev–Trinajstić information content (AvgIpc) is 2.80. The van der Waals surface area contributed by atoms with Crippen molar-refractivity contribution in [2.75, 3.05) is 7.11 Å². The number of hydrogen-bond donors (Lipinski definition) is 0. The molecule has 0 N–H and O–H groups in total. The molecule has 1 aromatic rings. The lowest BCUT2D eigenvalue weighted by Gasteiger charge is -2.35. The SMILES string of the molecule is COC1(c2noc(CC#N)n2)CCC(C)CC1. The molecule has 0 amide bonds. The molecule has 0 aromatic carbocycles. The first-order valence-electron chi connectivity index (χ1n) is 5.95. The molecule has 0 radical (unpaired) electrons. The summed E-state index contributed by atoms with van der Waals surface area (Å²) in [7, 11) is 1.69. The zero-order valence-corrected chi connectivity index (χ0v) is 10.3. The van der Waals surface area contributed by atoms with Gasteiger partial charge in [-0.15, -0.1) is 0 Å². The molecule has 1 aromatic heterocycles. The Bertz CT molecular complexity index is 414. The molecule has 1 heterocycles. The zero-order valence-electron chi connectivity index (χ0n) is 10.3. The highest BCUT2D eigenvalue weighted by Crippen LogP contribution is 2.40. The standard InChI is InChI=1S/C12H17N3O2/c1-9-3-6-12(16-2,7-4-9)11-14-10(5-8-13)17-15-11/h9H,3-7H2,1-2H3. The first kappa shape index (κ1) is 12.1. The van der Waals surface area contributed by atoms with E-state index < -0.39 is 5.60 Å². The first-order chi connectivity index (χ1) is 8.20. The fourth-order valence-electron chi connectivity index (χ4n) is 2.33. The molecule has 5 heteroatoms. The van der Waals surface area contributed by atoms with Crippen LogP contribution >= 0.6 is 0 Å². The second-order valence-electron chi connectivity index (χ2n) is 4.73. The van der Waals surface area contributed by atoms with Crippen molar-refractivity contribution in [2.24, 2.45) is 5.92 Å². The predicted octanol–water partition coefficient (Wildman–Crippen LogP) is 2.19. The van der Waals surface area contributed by atoms with Crippen LogP contribution in [0, 0.1) is 17.2 Å². The molecule has 1 aliphatic rings. The average molecular weight is 235 g/mol. The van der Waals surface area contributed by atoms with Crippen LogP contribution in [0.4, 0.5) is 0 Å². The van der Waals surface area contributed by atoms with Crippen LogP contribution in [0.3, 0.4) is 0 Å². The van der Waals surface area contributed by atoms with Crippen LogP contribution in [-0.2, 0) is 16.8 Å². The molecule has 0 aliphatic heterocycles. The Kier molecular flexibility index (Phi) is 3.43. The second-order valence-corrected chi connectivity index (χ2v) is 4.73. The maximum Gasteiger partial charge on any atom is 0.240 e. The van der Waals surface area contributed by atoms with Crippen molar-refractivity contribution in [1.82, 2.24) is 10.1 Å². The Hall–Kier alpha value is -1.41. The maximum absolute atomic E-state index is 8.59. The van der Waals surface area contributed by atoms with Gasteiger partial charge < -0.3 is 9.26 Å². The number of ether oxygens (including phenoxy) is 1. The van der Waals surface area contributed by atoms with E-state index in [1.54, 1.807) is 7.11 Å². The summed E-state index contributed by atoms with van der Waals surface area (Å²) < 4.78 is 10.7. The van der Waals surface area contributed by atoms with Crippen LogP contribution < -0.4 is 0 Å². The third kappa shape index (κ3) is 2.32. The molecule has 2 rings (SSSR count). The first-order valence-corrected chi connectivity index (χ1v) is 5.95.